The lowest BCUT2D eigenvalue weighted by atomic mass is 10.8. The molecule has 0 aliphatic rings. The van der Waals surface area contributed by atoms with Crippen molar-refractivity contribution in [2.75, 3.05) is 14.1 Å². The molecular weight excluding hydrogens is 235 g/mol. The number of nitrogens with one attached hydrogen (secondary N) is 1. The third-order valence-electron chi connectivity index (χ3n) is 0.792. The topological polar surface area (TPSA) is 49.4 Å². The number of amides is 3. The first kappa shape index (κ1) is 8.67. The first-order valence-electron chi connectivity index (χ1n) is 2.26. The van der Waals surface area contributed by atoms with Crippen LogP contribution in [0.15, 0.2) is 0 Å². The van der Waals surface area contributed by atoms with E-state index in [-0.39, 0.29) is 9.95 Å². The zero-order chi connectivity index (χ0) is 7.44. The normalized spacial score (nSPS) is 8.33. The van der Waals surface area contributed by atoms with Crippen LogP contribution in [0, 0.1) is 0 Å². The molecule has 0 bridgehead atoms. The highest BCUT2D eigenvalue weighted by atomic mass is 127. The first-order valence-corrected chi connectivity index (χ1v) is 3.42. The Morgan fingerprint density at radius 3 is 2.11 bits per heavy atom. The minimum Gasteiger partial charge on any atom is -0.341 e. The summed E-state index contributed by atoms with van der Waals surface area (Å²) in [5.41, 5.74) is 0. The van der Waals surface area contributed by atoms with Gasteiger partial charge in [-0.2, -0.15) is 0 Å². The SMILES string of the molecule is CNC(=O)N(C)C(=O)[IH+]. The molecule has 1 N–H and O–H groups in total. The summed E-state index contributed by atoms with van der Waals surface area (Å²) in [7, 11) is 2.90. The van der Waals surface area contributed by atoms with E-state index in [4.69, 9.17) is 0 Å². The monoisotopic (exact) mass is 243 g/mol. The molecule has 9 heavy (non-hydrogen) atoms. The van der Waals surface area contributed by atoms with Crippen LogP contribution in [-0.4, -0.2) is 28.9 Å². The van der Waals surface area contributed by atoms with E-state index in [0.717, 1.165) is 4.90 Å². The summed E-state index contributed by atoms with van der Waals surface area (Å²) in [6, 6.07) is -0.384. The quantitative estimate of drug-likeness (QED) is 0.275. The molecular formula is C4H8IN2O2+. The van der Waals surface area contributed by atoms with Crippen molar-refractivity contribution in [2.45, 2.75) is 0 Å². The molecule has 5 heteroatoms. The van der Waals surface area contributed by atoms with Crippen molar-refractivity contribution in [1.82, 2.24) is 10.2 Å². The van der Waals surface area contributed by atoms with Crippen LogP contribution in [0.2, 0.25) is 0 Å². The standard InChI is InChI=1S/C4H7IN2O2/c1-6-4(9)7(2)3(5)8/h5H,1-2H3/p+1. The second kappa shape index (κ2) is 3.65. The number of imide groups is 1. The molecule has 0 spiro atoms. The van der Waals surface area contributed by atoms with Crippen LogP contribution in [0.3, 0.4) is 0 Å². The average Bonchev–Trinajstić information content (AvgIpc) is 1.84. The molecule has 0 fully saturated rings. The number of carbonyl (C=O) groups is 2. The van der Waals surface area contributed by atoms with Gasteiger partial charge in [-0.25, -0.2) is 14.5 Å². The molecule has 0 unspecified atom stereocenters. The molecule has 4 nitrogen and oxygen atoms in total. The summed E-state index contributed by atoms with van der Waals surface area (Å²) in [6.45, 7) is 0. The lowest BCUT2D eigenvalue weighted by Gasteiger charge is -2.04. The second-order valence-corrected chi connectivity index (χ2v) is 2.38. The van der Waals surface area contributed by atoms with Crippen molar-refractivity contribution in [3.05, 3.63) is 0 Å². The van der Waals surface area contributed by atoms with Crippen molar-refractivity contribution in [2.24, 2.45) is 0 Å². The van der Waals surface area contributed by atoms with Crippen LogP contribution >= 0.6 is 0 Å². The maximum atomic E-state index is 10.5. The van der Waals surface area contributed by atoms with Crippen molar-refractivity contribution in [1.29, 1.82) is 0 Å². The second-order valence-electron chi connectivity index (χ2n) is 1.38. The molecule has 52 valence electrons. The fourth-order valence-electron chi connectivity index (χ4n) is 0.251. The maximum Gasteiger partial charge on any atom is 0.466 e. The van der Waals surface area contributed by atoms with Gasteiger partial charge in [0.2, 0.25) is 0 Å². The van der Waals surface area contributed by atoms with E-state index < -0.39 is 0 Å². The summed E-state index contributed by atoms with van der Waals surface area (Å²) >= 11 is 1.26. The van der Waals surface area contributed by atoms with Gasteiger partial charge < -0.3 is 5.32 Å². The highest BCUT2D eigenvalue weighted by Crippen LogP contribution is 1.77. The molecule has 3 amide bonds. The van der Waals surface area contributed by atoms with Crippen molar-refractivity contribution in [3.8, 4) is 0 Å². The maximum absolute atomic E-state index is 10.5. The third-order valence-corrected chi connectivity index (χ3v) is 1.57. The zero-order valence-electron chi connectivity index (χ0n) is 5.17. The van der Waals surface area contributed by atoms with E-state index in [1.807, 2.05) is 0 Å². The number of halogens is 1. The van der Waals surface area contributed by atoms with Gasteiger partial charge in [0.05, 0.1) is 0 Å². The zero-order valence-corrected chi connectivity index (χ0v) is 7.50. The molecule has 0 heterocycles. The van der Waals surface area contributed by atoms with E-state index in [1.54, 1.807) is 0 Å². The average molecular weight is 243 g/mol. The Labute approximate surface area is 66.7 Å². The Bertz CT molecular complexity index is 137. The van der Waals surface area contributed by atoms with Crippen LogP contribution in [0.1, 0.15) is 0 Å². The van der Waals surface area contributed by atoms with Crippen LogP contribution in [0.25, 0.3) is 0 Å². The first-order chi connectivity index (χ1) is 4.09. The summed E-state index contributed by atoms with van der Waals surface area (Å²) in [5.74, 6) is 0. The van der Waals surface area contributed by atoms with Crippen molar-refractivity contribution < 1.29 is 32.2 Å². The number of urea groups is 1. The van der Waals surface area contributed by atoms with Crippen molar-refractivity contribution in [3.63, 3.8) is 0 Å². The van der Waals surface area contributed by atoms with Crippen LogP contribution < -0.4 is 27.9 Å². The predicted molar refractivity (Wildman–Crippen MR) is 29.0 cm³/mol. The lowest BCUT2D eigenvalue weighted by molar-refractivity contribution is -0.260. The van der Waals surface area contributed by atoms with Crippen LogP contribution in [0.5, 0.6) is 0 Å². The molecule has 0 aliphatic carbocycles. The minimum atomic E-state index is -0.384. The molecule has 0 aromatic rings. The molecule has 0 atom stereocenters. The Morgan fingerprint density at radius 1 is 1.56 bits per heavy atom. The Kier molecular flexibility index (Phi) is 3.52. The Hall–Kier alpha value is -0.330. The molecule has 0 saturated heterocycles. The van der Waals surface area contributed by atoms with Crippen molar-refractivity contribution >= 4 is 9.95 Å². The minimum absolute atomic E-state index is 0.259. The summed E-state index contributed by atoms with van der Waals surface area (Å²) in [6.07, 6.45) is 0. The largest absolute Gasteiger partial charge is 0.466 e. The van der Waals surface area contributed by atoms with Crippen LogP contribution in [-0.2, 0) is 0 Å². The molecule has 0 aliphatic heterocycles. The predicted octanol–water partition coefficient (Wildman–Crippen LogP) is -3.34. The number of hydrogen-bond donors (Lipinski definition) is 1. The highest BCUT2D eigenvalue weighted by molar-refractivity contribution is 5.88. The van der Waals surface area contributed by atoms with Gasteiger partial charge in [0, 0.05) is 14.1 Å². The molecule has 0 aromatic carbocycles. The van der Waals surface area contributed by atoms with Crippen LogP contribution in [0.4, 0.5) is 9.59 Å². The summed E-state index contributed by atoms with van der Waals surface area (Å²) in [5, 5.41) is 2.31. The van der Waals surface area contributed by atoms with E-state index in [2.05, 4.69) is 5.32 Å². The Balaban J connectivity index is 3.88. The van der Waals surface area contributed by atoms with E-state index in [0.29, 0.717) is 0 Å². The van der Waals surface area contributed by atoms with E-state index in [1.165, 1.54) is 36.7 Å². The van der Waals surface area contributed by atoms with E-state index >= 15 is 0 Å². The number of carbonyl (C=O) groups excluding carboxylic acids is 2. The molecule has 0 radical (unpaired) electrons. The van der Waals surface area contributed by atoms with Gasteiger partial charge in [0.15, 0.2) is 0 Å². The van der Waals surface area contributed by atoms with E-state index in [9.17, 15) is 9.59 Å². The number of nitrogens with zero attached hydrogens (tertiary/aromatic N) is 1. The summed E-state index contributed by atoms with van der Waals surface area (Å²) in [4.78, 5) is 22.0. The molecule has 0 saturated carbocycles. The van der Waals surface area contributed by atoms with Gasteiger partial charge in [-0.3, -0.25) is 0 Å². The highest BCUT2D eigenvalue weighted by Gasteiger charge is 2.18. The van der Waals surface area contributed by atoms with Gasteiger partial charge in [-0.05, 0) is 0 Å². The van der Waals surface area contributed by atoms with Gasteiger partial charge in [-0.1, -0.05) is 0 Å². The molecule has 0 aromatic heterocycles. The summed E-state index contributed by atoms with van der Waals surface area (Å²) < 4.78 is -0.259. The Morgan fingerprint density at radius 2 is 2.00 bits per heavy atom. The fraction of sp³-hybridized carbons (Fsp3) is 0.500. The van der Waals surface area contributed by atoms with Gasteiger partial charge in [0.25, 0.3) is 0 Å². The lowest BCUT2D eigenvalue weighted by Crippen LogP contribution is -3.39. The molecule has 0 rings (SSSR count). The van der Waals surface area contributed by atoms with Gasteiger partial charge in [0.1, 0.15) is 0 Å². The number of rotatable bonds is 0. The third kappa shape index (κ3) is 2.64. The van der Waals surface area contributed by atoms with Gasteiger partial charge >= 0.3 is 32.5 Å². The smallest absolute Gasteiger partial charge is 0.341 e. The van der Waals surface area contributed by atoms with Gasteiger partial charge in [-0.15, -0.1) is 0 Å². The number of hydrogen-bond acceptors (Lipinski definition) is 2. The fourth-order valence-corrected chi connectivity index (χ4v) is 0.487.